The first kappa shape index (κ1) is 18.0. The lowest BCUT2D eigenvalue weighted by atomic mass is 9.98. The molecule has 0 heterocycles. The number of nitrogens with one attached hydrogen (secondary N) is 1. The maximum Gasteiger partial charge on any atom is 0.303 e. The van der Waals surface area contributed by atoms with Crippen molar-refractivity contribution in [1.82, 2.24) is 5.32 Å². The molecule has 0 fully saturated rings. The van der Waals surface area contributed by atoms with Gasteiger partial charge in [0.15, 0.2) is 0 Å². The molecule has 0 aliphatic heterocycles. The first-order chi connectivity index (χ1) is 9.69. The van der Waals surface area contributed by atoms with Crippen LogP contribution in [0, 0.1) is 0 Å². The molecule has 1 aromatic rings. The molecule has 116 valence electrons. The number of halogens is 2. The minimum atomic E-state index is -0.861. The zero-order chi connectivity index (χ0) is 16.0. The zero-order valence-electron chi connectivity index (χ0n) is 12.1. The molecule has 0 saturated carbocycles. The van der Waals surface area contributed by atoms with Crippen molar-refractivity contribution in [2.75, 3.05) is 0 Å². The fourth-order valence-corrected chi connectivity index (χ4v) is 2.54. The second kappa shape index (κ2) is 7.80. The van der Waals surface area contributed by atoms with Crippen molar-refractivity contribution < 1.29 is 14.7 Å². The Morgan fingerprint density at radius 1 is 1.33 bits per heavy atom. The maximum atomic E-state index is 12.0. The molecule has 0 spiro atoms. The summed E-state index contributed by atoms with van der Waals surface area (Å²) in [5, 5.41) is 12.2. The highest BCUT2D eigenvalue weighted by atomic mass is 79.9. The van der Waals surface area contributed by atoms with Gasteiger partial charge in [-0.1, -0.05) is 27.5 Å². The molecule has 0 atom stereocenters. The Labute approximate surface area is 138 Å². The molecular formula is C15H19BrClNO3. The third kappa shape index (κ3) is 6.96. The standard InChI is InChI=1S/C15H19BrClNO3/c1-15(2,8-7-14(20)21)18-13(19)6-3-10-9-11(17)4-5-12(10)16/h4-5,9H,3,6-8H2,1-2H3,(H,18,19)(H,20,21). The number of carboxylic acid groups (broad SMARTS) is 1. The Morgan fingerprint density at radius 3 is 2.62 bits per heavy atom. The van der Waals surface area contributed by atoms with E-state index >= 15 is 0 Å². The van der Waals surface area contributed by atoms with Gasteiger partial charge in [0.1, 0.15) is 0 Å². The van der Waals surface area contributed by atoms with Gasteiger partial charge in [0.05, 0.1) is 0 Å². The van der Waals surface area contributed by atoms with Crippen LogP contribution in [0.2, 0.25) is 5.02 Å². The Kier molecular flexibility index (Phi) is 6.68. The van der Waals surface area contributed by atoms with Crippen LogP contribution in [0.15, 0.2) is 22.7 Å². The van der Waals surface area contributed by atoms with E-state index < -0.39 is 11.5 Å². The second-order valence-electron chi connectivity index (χ2n) is 5.56. The van der Waals surface area contributed by atoms with Crippen molar-refractivity contribution in [1.29, 1.82) is 0 Å². The van der Waals surface area contributed by atoms with Crippen LogP contribution >= 0.6 is 27.5 Å². The topological polar surface area (TPSA) is 66.4 Å². The largest absolute Gasteiger partial charge is 0.481 e. The summed E-state index contributed by atoms with van der Waals surface area (Å²) < 4.78 is 0.921. The molecule has 0 unspecified atom stereocenters. The van der Waals surface area contributed by atoms with Gasteiger partial charge in [-0.05, 0) is 50.5 Å². The van der Waals surface area contributed by atoms with Crippen molar-refractivity contribution in [3.8, 4) is 0 Å². The number of carbonyl (C=O) groups is 2. The van der Waals surface area contributed by atoms with E-state index in [1.807, 2.05) is 26.0 Å². The third-order valence-electron chi connectivity index (χ3n) is 3.07. The normalized spacial score (nSPS) is 11.2. The van der Waals surface area contributed by atoms with Crippen LogP contribution in [0.4, 0.5) is 0 Å². The van der Waals surface area contributed by atoms with Gasteiger partial charge < -0.3 is 10.4 Å². The molecule has 6 heteroatoms. The Hall–Kier alpha value is -1.07. The SMILES string of the molecule is CC(C)(CCC(=O)O)NC(=O)CCc1cc(Cl)ccc1Br. The summed E-state index contributed by atoms with van der Waals surface area (Å²) in [7, 11) is 0. The first-order valence-electron chi connectivity index (χ1n) is 6.66. The van der Waals surface area contributed by atoms with E-state index in [9.17, 15) is 9.59 Å². The number of hydrogen-bond acceptors (Lipinski definition) is 2. The monoisotopic (exact) mass is 375 g/mol. The number of aliphatic carboxylic acids is 1. The van der Waals surface area contributed by atoms with Gasteiger partial charge in [-0.15, -0.1) is 0 Å². The molecule has 2 N–H and O–H groups in total. The quantitative estimate of drug-likeness (QED) is 0.761. The molecule has 0 aliphatic carbocycles. The lowest BCUT2D eigenvalue weighted by molar-refractivity contribution is -0.137. The van der Waals surface area contributed by atoms with E-state index in [0.717, 1.165) is 10.0 Å². The van der Waals surface area contributed by atoms with Crippen molar-refractivity contribution in [2.24, 2.45) is 0 Å². The summed E-state index contributed by atoms with van der Waals surface area (Å²) in [4.78, 5) is 22.5. The van der Waals surface area contributed by atoms with E-state index in [1.54, 1.807) is 6.07 Å². The molecule has 4 nitrogen and oxygen atoms in total. The number of carbonyl (C=O) groups excluding carboxylic acids is 1. The second-order valence-corrected chi connectivity index (χ2v) is 6.85. The number of rotatable bonds is 7. The van der Waals surface area contributed by atoms with Gasteiger partial charge in [-0.25, -0.2) is 0 Å². The van der Waals surface area contributed by atoms with Gasteiger partial charge in [0.25, 0.3) is 0 Å². The van der Waals surface area contributed by atoms with E-state index in [-0.39, 0.29) is 12.3 Å². The molecule has 0 saturated heterocycles. The lowest BCUT2D eigenvalue weighted by Gasteiger charge is -2.25. The van der Waals surface area contributed by atoms with Gasteiger partial charge in [0, 0.05) is 27.9 Å². The van der Waals surface area contributed by atoms with Crippen molar-refractivity contribution in [2.45, 2.75) is 45.1 Å². The first-order valence-corrected chi connectivity index (χ1v) is 7.83. The number of carboxylic acids is 1. The van der Waals surface area contributed by atoms with Crippen LogP contribution in [-0.2, 0) is 16.0 Å². The molecule has 0 aromatic heterocycles. The molecule has 1 aromatic carbocycles. The van der Waals surface area contributed by atoms with Gasteiger partial charge in [-0.3, -0.25) is 9.59 Å². The summed E-state index contributed by atoms with van der Waals surface area (Å²) in [6.45, 7) is 3.65. The minimum Gasteiger partial charge on any atom is -0.481 e. The molecule has 21 heavy (non-hydrogen) atoms. The summed E-state index contributed by atoms with van der Waals surface area (Å²) in [5.74, 6) is -0.961. The molecular weight excluding hydrogens is 358 g/mol. The van der Waals surface area contributed by atoms with Gasteiger partial charge in [0.2, 0.25) is 5.91 Å². The minimum absolute atomic E-state index is 0.0348. The molecule has 0 aliphatic rings. The third-order valence-corrected chi connectivity index (χ3v) is 4.08. The van der Waals surface area contributed by atoms with Crippen LogP contribution in [0.5, 0.6) is 0 Å². The number of amides is 1. The summed E-state index contributed by atoms with van der Waals surface area (Å²) >= 11 is 9.36. The smallest absolute Gasteiger partial charge is 0.303 e. The van der Waals surface area contributed by atoms with Gasteiger partial charge in [-0.2, -0.15) is 0 Å². The highest BCUT2D eigenvalue weighted by Gasteiger charge is 2.21. The number of hydrogen-bond donors (Lipinski definition) is 2. The fourth-order valence-electron chi connectivity index (χ4n) is 1.90. The van der Waals surface area contributed by atoms with E-state index in [4.69, 9.17) is 16.7 Å². The highest BCUT2D eigenvalue weighted by Crippen LogP contribution is 2.22. The highest BCUT2D eigenvalue weighted by molar-refractivity contribution is 9.10. The zero-order valence-corrected chi connectivity index (χ0v) is 14.4. The van der Waals surface area contributed by atoms with Crippen molar-refractivity contribution in [3.05, 3.63) is 33.3 Å². The fraction of sp³-hybridized carbons (Fsp3) is 0.467. The summed E-state index contributed by atoms with van der Waals surface area (Å²) in [6.07, 6.45) is 1.33. The van der Waals surface area contributed by atoms with Crippen LogP contribution < -0.4 is 5.32 Å². The van der Waals surface area contributed by atoms with E-state index in [0.29, 0.717) is 24.3 Å². The van der Waals surface area contributed by atoms with Crippen LogP contribution in [0.1, 0.15) is 38.7 Å². The molecule has 0 radical (unpaired) electrons. The van der Waals surface area contributed by atoms with Crippen LogP contribution in [0.25, 0.3) is 0 Å². The predicted molar refractivity (Wildman–Crippen MR) is 86.6 cm³/mol. The average molecular weight is 377 g/mol. The maximum absolute atomic E-state index is 12.0. The molecule has 1 amide bonds. The number of benzene rings is 1. The van der Waals surface area contributed by atoms with Crippen LogP contribution in [0.3, 0.4) is 0 Å². The van der Waals surface area contributed by atoms with E-state index in [1.165, 1.54) is 0 Å². The van der Waals surface area contributed by atoms with Gasteiger partial charge >= 0.3 is 5.97 Å². The van der Waals surface area contributed by atoms with Crippen molar-refractivity contribution >= 4 is 39.4 Å². The summed E-state index contributed by atoms with van der Waals surface area (Å²) in [5.41, 5.74) is 0.446. The average Bonchev–Trinajstić information content (AvgIpc) is 2.37. The summed E-state index contributed by atoms with van der Waals surface area (Å²) in [6, 6.07) is 5.46. The predicted octanol–water partition coefficient (Wildman–Crippen LogP) is 3.79. The van der Waals surface area contributed by atoms with Crippen LogP contribution in [-0.4, -0.2) is 22.5 Å². The molecule has 1 rings (SSSR count). The Morgan fingerprint density at radius 2 is 2.00 bits per heavy atom. The number of aryl methyl sites for hydroxylation is 1. The lowest BCUT2D eigenvalue weighted by Crippen LogP contribution is -2.43. The Balaban J connectivity index is 2.50. The van der Waals surface area contributed by atoms with E-state index in [2.05, 4.69) is 21.2 Å². The Bertz CT molecular complexity index is 532. The molecule has 0 bridgehead atoms. The van der Waals surface area contributed by atoms with Crippen molar-refractivity contribution in [3.63, 3.8) is 0 Å².